The van der Waals surface area contributed by atoms with Gasteiger partial charge in [-0.25, -0.2) is 0 Å². The van der Waals surface area contributed by atoms with Gasteiger partial charge in [0.25, 0.3) is 0 Å². The highest BCUT2D eigenvalue weighted by atomic mass is 16.6. The Labute approximate surface area is 661 Å². The first-order valence-electron chi connectivity index (χ1n) is 37.6. The van der Waals surface area contributed by atoms with Gasteiger partial charge in [-0.05, 0) is 170 Å². The molecule has 7 atom stereocenters. The number of hydrogen-bond donors (Lipinski definition) is 6. The molecule has 0 aromatic heterocycles. The number of benzene rings is 11. The van der Waals surface area contributed by atoms with Crippen molar-refractivity contribution in [2.24, 2.45) is 41.4 Å². The third-order valence-electron chi connectivity index (χ3n) is 18.9. The fourth-order valence-electron chi connectivity index (χ4n) is 13.1. The summed E-state index contributed by atoms with van der Waals surface area (Å²) in [6, 6.07) is 98.4. The Morgan fingerprint density at radius 2 is 0.416 bits per heavy atom. The number of hydrogen-bond acceptors (Lipinski definition) is 10. The lowest BCUT2D eigenvalue weighted by atomic mass is 9.82. The third kappa shape index (κ3) is 28.5. The summed E-state index contributed by atoms with van der Waals surface area (Å²) in [5, 5.41) is 58.2. The molecule has 16 nitrogen and oxygen atoms in total. The predicted molar refractivity (Wildman–Crippen MR) is 439 cm³/mol. The number of aliphatic carboxylic acids is 6. The minimum Gasteiger partial charge on any atom is -0.481 e. The van der Waals surface area contributed by atoms with E-state index in [9.17, 15) is 69.0 Å². The van der Waals surface area contributed by atoms with Gasteiger partial charge in [-0.3, -0.25) is 38.4 Å². The first kappa shape index (κ1) is 85.8. The summed E-state index contributed by atoms with van der Waals surface area (Å²) < 4.78 is 10.8. The van der Waals surface area contributed by atoms with Gasteiger partial charge < -0.3 is 40.1 Å². The van der Waals surface area contributed by atoms with Crippen molar-refractivity contribution in [1.82, 2.24) is 0 Å². The molecule has 0 aliphatic rings. The zero-order valence-corrected chi connectivity index (χ0v) is 64.4. The summed E-state index contributed by atoms with van der Waals surface area (Å²) in [7, 11) is 0. The lowest BCUT2D eigenvalue weighted by Gasteiger charge is -2.27. The van der Waals surface area contributed by atoms with E-state index in [1.165, 1.54) is 0 Å². The molecular weight excluding hydrogens is 1420 g/mol. The van der Waals surface area contributed by atoms with Crippen LogP contribution in [-0.4, -0.2) is 89.6 Å². The maximum Gasteiger partial charge on any atom is 0.310 e. The van der Waals surface area contributed by atoms with E-state index in [-0.39, 0.29) is 38.5 Å². The quantitative estimate of drug-likeness (QED) is 0.0228. The van der Waals surface area contributed by atoms with Crippen molar-refractivity contribution in [3.8, 4) is 44.5 Å². The van der Waals surface area contributed by atoms with E-state index >= 15 is 0 Å². The minimum absolute atomic E-state index is 0.132. The van der Waals surface area contributed by atoms with Crippen LogP contribution in [0.5, 0.6) is 0 Å². The zero-order chi connectivity index (χ0) is 81.5. The second-order valence-corrected chi connectivity index (χ2v) is 29.8. The maximum atomic E-state index is 13.1. The monoisotopic (exact) mass is 1520 g/mol. The van der Waals surface area contributed by atoms with Crippen molar-refractivity contribution in [2.45, 2.75) is 104 Å². The maximum absolute atomic E-state index is 13.1. The van der Waals surface area contributed by atoms with Crippen LogP contribution in [-0.2, 0) is 92.8 Å². The van der Waals surface area contributed by atoms with Crippen molar-refractivity contribution in [3.63, 3.8) is 0 Å². The second-order valence-electron chi connectivity index (χ2n) is 29.8. The largest absolute Gasteiger partial charge is 0.481 e. The molecule has 582 valence electrons. The van der Waals surface area contributed by atoms with E-state index in [1.54, 1.807) is 41.5 Å². The molecule has 0 spiro atoms. The van der Waals surface area contributed by atoms with Crippen LogP contribution in [0, 0.1) is 41.4 Å². The molecule has 11 aromatic rings. The van der Waals surface area contributed by atoms with E-state index < -0.39 is 100 Å². The molecule has 11 rings (SSSR count). The Balaban J connectivity index is 0.000000189. The number of carboxylic acid groups (broad SMARTS) is 6. The summed E-state index contributed by atoms with van der Waals surface area (Å²) in [6.45, 7) is 10.7. The Morgan fingerprint density at radius 3 is 0.628 bits per heavy atom. The van der Waals surface area contributed by atoms with Crippen LogP contribution in [0.4, 0.5) is 0 Å². The van der Waals surface area contributed by atoms with Gasteiger partial charge in [0, 0.05) is 0 Å². The number of carbonyl (C=O) groups is 8. The SMILES string of the molecule is CC(C)(C)OC(=O)C[C@H](Cc1ccc(-c2ccccc2)cc1)C(=O)O.CC(C)(C)OC(=O)[C@@H](Cc1ccccc1)[C@H](Cc1ccc(-c2ccccc2)cc1)C(=O)O.O=C(O)[C@@H](Cc1ccc(-c2ccccc2)cc1)[C@@H](Cc1ccccc1)C(=O)O.O=C(O)[C@@H](Cc1ccccc1)[C@H](Cc1ccc(-c2ccccc2)cc1)C(=O)O. The molecule has 0 fully saturated rings. The summed E-state index contributed by atoms with van der Waals surface area (Å²) in [5.74, 6) is -13.8. The van der Waals surface area contributed by atoms with Crippen molar-refractivity contribution in [1.29, 1.82) is 0 Å². The summed E-state index contributed by atoms with van der Waals surface area (Å²) in [5.41, 5.74) is 13.2. The molecule has 11 aromatic carbocycles. The number of rotatable bonds is 30. The average Bonchev–Trinajstić information content (AvgIpc) is 0.863. The summed E-state index contributed by atoms with van der Waals surface area (Å²) >= 11 is 0. The highest BCUT2D eigenvalue weighted by Crippen LogP contribution is 2.32. The van der Waals surface area contributed by atoms with E-state index in [1.807, 2.05) is 309 Å². The van der Waals surface area contributed by atoms with Crippen molar-refractivity contribution >= 4 is 47.8 Å². The van der Waals surface area contributed by atoms with Crippen LogP contribution >= 0.6 is 0 Å². The fourth-order valence-corrected chi connectivity index (χ4v) is 13.1. The molecule has 0 unspecified atom stereocenters. The number of carboxylic acids is 6. The molecular formula is C97H98O16. The topological polar surface area (TPSA) is 276 Å². The van der Waals surface area contributed by atoms with Gasteiger partial charge in [-0.15, -0.1) is 0 Å². The Morgan fingerprint density at radius 1 is 0.230 bits per heavy atom. The Bertz CT molecular complexity index is 4640. The zero-order valence-electron chi connectivity index (χ0n) is 64.4. The molecule has 0 saturated heterocycles. The fraction of sp³-hybridized carbons (Fsp3) is 0.237. The lowest BCUT2D eigenvalue weighted by molar-refractivity contribution is -0.166. The molecule has 0 radical (unpaired) electrons. The van der Waals surface area contributed by atoms with E-state index in [0.717, 1.165) is 83.5 Å². The van der Waals surface area contributed by atoms with Gasteiger partial charge in [0.2, 0.25) is 0 Å². The molecule has 0 saturated carbocycles. The number of carbonyl (C=O) groups excluding carboxylic acids is 2. The van der Waals surface area contributed by atoms with Crippen LogP contribution in [0.3, 0.4) is 0 Å². The van der Waals surface area contributed by atoms with Gasteiger partial charge in [-0.2, -0.15) is 0 Å². The van der Waals surface area contributed by atoms with Gasteiger partial charge in [0.15, 0.2) is 0 Å². The molecule has 0 aliphatic carbocycles. The van der Waals surface area contributed by atoms with Crippen LogP contribution in [0.15, 0.2) is 309 Å². The van der Waals surface area contributed by atoms with Gasteiger partial charge >= 0.3 is 47.8 Å². The summed E-state index contributed by atoms with van der Waals surface area (Å²) in [4.78, 5) is 96.1. The van der Waals surface area contributed by atoms with Gasteiger partial charge in [-0.1, -0.05) is 309 Å². The highest BCUT2D eigenvalue weighted by molar-refractivity contribution is 5.84. The van der Waals surface area contributed by atoms with E-state index in [4.69, 9.17) is 9.47 Å². The standard InChI is InChI=1S/C28H30O4.2C24H22O4.C21H24O4/c1-28(2,3)32-27(31)25(19-20-10-6-4-7-11-20)24(26(29)30)18-21-14-16-23(17-15-21)22-12-8-5-9-13-22;2*25-23(26)21(15-17-7-3-1-4-8-17)22(24(27)28)16-18-11-13-20(14-12-18)19-9-5-2-6-10-19;1-21(2,3)25-19(22)14-18(20(23)24)13-15-9-11-17(12-10-15)16-7-5-4-6-8-16/h4-17,24-25H,18-19H2,1-3H3,(H,29,30);2*1-14,21-22H,15-16H2,(H,25,26)(H,27,28);4-12,18H,13-14H2,1-3H3,(H,23,24)/t24-,25-;21-,22+;21-,22-;18-/m0100/s1. The van der Waals surface area contributed by atoms with Gasteiger partial charge in [0.1, 0.15) is 11.2 Å². The van der Waals surface area contributed by atoms with E-state index in [0.29, 0.717) is 12.8 Å². The molecule has 113 heavy (non-hydrogen) atoms. The molecule has 6 N–H and O–H groups in total. The smallest absolute Gasteiger partial charge is 0.310 e. The Kier molecular flexibility index (Phi) is 32.2. The van der Waals surface area contributed by atoms with E-state index in [2.05, 4.69) is 0 Å². The molecule has 0 heterocycles. The predicted octanol–water partition coefficient (Wildman–Crippen LogP) is 19.2. The number of esters is 2. The minimum atomic E-state index is -1.09. The summed E-state index contributed by atoms with van der Waals surface area (Å²) in [6.07, 6.45) is 1.46. The van der Waals surface area contributed by atoms with Crippen molar-refractivity contribution < 1.29 is 78.5 Å². The van der Waals surface area contributed by atoms with Crippen LogP contribution in [0.1, 0.15) is 86.9 Å². The van der Waals surface area contributed by atoms with Crippen LogP contribution in [0.25, 0.3) is 44.5 Å². The third-order valence-corrected chi connectivity index (χ3v) is 18.9. The average molecular weight is 1520 g/mol. The normalized spacial score (nSPS) is 12.9. The second kappa shape index (κ2) is 42.4. The Hall–Kier alpha value is -12.8. The lowest BCUT2D eigenvalue weighted by Crippen LogP contribution is -2.37. The molecule has 0 aliphatic heterocycles. The molecule has 0 bridgehead atoms. The first-order valence-corrected chi connectivity index (χ1v) is 37.6. The van der Waals surface area contributed by atoms with Crippen LogP contribution in [0.2, 0.25) is 0 Å². The molecule has 0 amide bonds. The first-order chi connectivity index (χ1) is 54.1. The highest BCUT2D eigenvalue weighted by Gasteiger charge is 2.38. The van der Waals surface area contributed by atoms with Gasteiger partial charge in [0.05, 0.1) is 47.8 Å². The van der Waals surface area contributed by atoms with Crippen LogP contribution < -0.4 is 0 Å². The molecule has 16 heteroatoms. The van der Waals surface area contributed by atoms with Crippen molar-refractivity contribution in [2.75, 3.05) is 0 Å². The number of ether oxygens (including phenoxy) is 2. The van der Waals surface area contributed by atoms with Crippen molar-refractivity contribution in [3.05, 3.63) is 348 Å².